The number of sulfonamides is 1. The number of rotatable bonds is 5. The van der Waals surface area contributed by atoms with Gasteiger partial charge < -0.3 is 9.64 Å². The maximum Gasteiger partial charge on any atom is 0.262 e. The molecule has 1 aliphatic heterocycles. The number of nitrogens with one attached hydrogen (secondary N) is 1. The molecule has 3 aromatic carbocycles. The van der Waals surface area contributed by atoms with E-state index in [1.807, 2.05) is 12.1 Å². The summed E-state index contributed by atoms with van der Waals surface area (Å²) in [7, 11) is -2.48. The quantitative estimate of drug-likeness (QED) is 0.644. The average molecular weight is 440 g/mol. The maximum atomic E-state index is 13.9. The van der Waals surface area contributed by atoms with E-state index < -0.39 is 15.8 Å². The number of carbonyl (C=O) groups is 1. The summed E-state index contributed by atoms with van der Waals surface area (Å²) in [4.78, 5) is 14.8. The highest BCUT2D eigenvalue weighted by atomic mass is 32.2. The first-order chi connectivity index (χ1) is 14.9. The number of para-hydroxylation sites is 1. The molecular formula is C23H21FN2O4S. The Kier molecular flexibility index (Phi) is 5.65. The van der Waals surface area contributed by atoms with Crippen molar-refractivity contribution in [1.82, 2.24) is 0 Å². The van der Waals surface area contributed by atoms with Crippen LogP contribution in [-0.2, 0) is 16.4 Å². The summed E-state index contributed by atoms with van der Waals surface area (Å²) < 4.78 is 46.9. The van der Waals surface area contributed by atoms with E-state index in [1.165, 1.54) is 42.5 Å². The predicted octanol–water partition coefficient (Wildman–Crippen LogP) is 4.23. The summed E-state index contributed by atoms with van der Waals surface area (Å²) in [6.07, 6.45) is 1.62. The van der Waals surface area contributed by atoms with E-state index in [4.69, 9.17) is 4.74 Å². The van der Waals surface area contributed by atoms with Gasteiger partial charge in [-0.25, -0.2) is 12.8 Å². The molecule has 0 radical (unpaired) electrons. The highest BCUT2D eigenvalue weighted by Gasteiger charge is 2.25. The second kappa shape index (κ2) is 8.39. The van der Waals surface area contributed by atoms with Crippen molar-refractivity contribution in [3.8, 4) is 5.75 Å². The van der Waals surface area contributed by atoms with Crippen LogP contribution >= 0.6 is 0 Å². The van der Waals surface area contributed by atoms with Gasteiger partial charge in [0.1, 0.15) is 11.6 Å². The number of hydrogen-bond acceptors (Lipinski definition) is 4. The van der Waals surface area contributed by atoms with Crippen molar-refractivity contribution in [3.63, 3.8) is 0 Å². The molecule has 0 aliphatic carbocycles. The lowest BCUT2D eigenvalue weighted by atomic mass is 10.0. The van der Waals surface area contributed by atoms with E-state index in [0.717, 1.165) is 29.8 Å². The first-order valence-electron chi connectivity index (χ1n) is 9.75. The summed E-state index contributed by atoms with van der Waals surface area (Å²) in [5.41, 5.74) is 1.87. The summed E-state index contributed by atoms with van der Waals surface area (Å²) in [6, 6.07) is 16.8. The molecule has 0 saturated carbocycles. The Morgan fingerprint density at radius 2 is 1.87 bits per heavy atom. The van der Waals surface area contributed by atoms with Crippen LogP contribution in [0.1, 0.15) is 22.3 Å². The summed E-state index contributed by atoms with van der Waals surface area (Å²) >= 11 is 0. The van der Waals surface area contributed by atoms with Crippen LogP contribution in [0.25, 0.3) is 0 Å². The molecule has 0 aromatic heterocycles. The number of anilines is 2. The van der Waals surface area contributed by atoms with Gasteiger partial charge >= 0.3 is 0 Å². The Bertz CT molecular complexity index is 1240. The van der Waals surface area contributed by atoms with E-state index in [1.54, 1.807) is 24.1 Å². The Balaban J connectivity index is 1.63. The van der Waals surface area contributed by atoms with Crippen LogP contribution in [0.4, 0.5) is 15.8 Å². The van der Waals surface area contributed by atoms with Gasteiger partial charge in [0.2, 0.25) is 0 Å². The Morgan fingerprint density at radius 3 is 2.65 bits per heavy atom. The fourth-order valence-electron chi connectivity index (χ4n) is 3.61. The van der Waals surface area contributed by atoms with E-state index in [0.29, 0.717) is 6.54 Å². The molecule has 1 amide bonds. The van der Waals surface area contributed by atoms with Crippen LogP contribution in [0.3, 0.4) is 0 Å². The molecule has 0 saturated heterocycles. The number of amides is 1. The van der Waals surface area contributed by atoms with E-state index >= 15 is 0 Å². The molecule has 4 rings (SSSR count). The van der Waals surface area contributed by atoms with Crippen molar-refractivity contribution in [3.05, 3.63) is 83.7 Å². The SMILES string of the molecule is COc1ccc2c(c1)CCCN2C(=O)c1cccc(S(=O)(=O)Nc2ccccc2F)c1. The number of halogens is 1. The van der Waals surface area contributed by atoms with Gasteiger partial charge in [0, 0.05) is 17.8 Å². The second-order valence-corrected chi connectivity index (χ2v) is 8.85. The highest BCUT2D eigenvalue weighted by molar-refractivity contribution is 7.92. The lowest BCUT2D eigenvalue weighted by molar-refractivity contribution is 0.0985. The number of benzene rings is 3. The zero-order chi connectivity index (χ0) is 22.0. The van der Waals surface area contributed by atoms with Crippen molar-refractivity contribution >= 4 is 27.3 Å². The largest absolute Gasteiger partial charge is 0.497 e. The molecule has 6 nitrogen and oxygen atoms in total. The van der Waals surface area contributed by atoms with Crippen LogP contribution < -0.4 is 14.4 Å². The molecule has 3 aromatic rings. The van der Waals surface area contributed by atoms with E-state index in [-0.39, 0.29) is 22.1 Å². The lowest BCUT2D eigenvalue weighted by Gasteiger charge is -2.30. The molecule has 0 spiro atoms. The van der Waals surface area contributed by atoms with Gasteiger partial charge in [-0.15, -0.1) is 0 Å². The van der Waals surface area contributed by atoms with E-state index in [2.05, 4.69) is 4.72 Å². The fourth-order valence-corrected chi connectivity index (χ4v) is 4.72. The number of nitrogens with zero attached hydrogens (tertiary/aromatic N) is 1. The number of methoxy groups -OCH3 is 1. The van der Waals surface area contributed by atoms with Gasteiger partial charge in [0.25, 0.3) is 15.9 Å². The molecule has 8 heteroatoms. The summed E-state index contributed by atoms with van der Waals surface area (Å²) in [6.45, 7) is 0.530. The monoisotopic (exact) mass is 440 g/mol. The number of carbonyl (C=O) groups excluding carboxylic acids is 1. The smallest absolute Gasteiger partial charge is 0.262 e. The number of aryl methyl sites for hydroxylation is 1. The van der Waals surface area contributed by atoms with Gasteiger partial charge in [0.15, 0.2) is 0 Å². The zero-order valence-electron chi connectivity index (χ0n) is 16.8. The van der Waals surface area contributed by atoms with Gasteiger partial charge in [-0.3, -0.25) is 9.52 Å². The fraction of sp³-hybridized carbons (Fsp3) is 0.174. The molecule has 0 atom stereocenters. The number of hydrogen-bond donors (Lipinski definition) is 1. The van der Waals surface area contributed by atoms with Crippen molar-refractivity contribution in [2.45, 2.75) is 17.7 Å². The van der Waals surface area contributed by atoms with Gasteiger partial charge in [0.05, 0.1) is 17.7 Å². The minimum Gasteiger partial charge on any atom is -0.497 e. The van der Waals surface area contributed by atoms with Crippen LogP contribution in [0.2, 0.25) is 0 Å². The average Bonchev–Trinajstić information content (AvgIpc) is 2.79. The van der Waals surface area contributed by atoms with Crippen LogP contribution in [0, 0.1) is 5.82 Å². The maximum absolute atomic E-state index is 13.9. The third-order valence-corrected chi connectivity index (χ3v) is 6.52. The molecule has 0 fully saturated rings. The minimum atomic E-state index is -4.07. The van der Waals surface area contributed by atoms with Crippen LogP contribution in [-0.4, -0.2) is 28.0 Å². The Labute approximate surface area is 180 Å². The molecule has 160 valence electrons. The first-order valence-corrected chi connectivity index (χ1v) is 11.2. The number of fused-ring (bicyclic) bond motifs is 1. The molecule has 1 heterocycles. The molecule has 31 heavy (non-hydrogen) atoms. The molecule has 0 unspecified atom stereocenters. The minimum absolute atomic E-state index is 0.117. The Morgan fingerprint density at radius 1 is 1.06 bits per heavy atom. The topological polar surface area (TPSA) is 75.7 Å². The second-order valence-electron chi connectivity index (χ2n) is 7.17. The Hall–Kier alpha value is -3.39. The van der Waals surface area contributed by atoms with Crippen molar-refractivity contribution in [2.75, 3.05) is 23.3 Å². The van der Waals surface area contributed by atoms with Crippen LogP contribution in [0.5, 0.6) is 5.75 Å². The first kappa shape index (κ1) is 20.9. The van der Waals surface area contributed by atoms with E-state index in [9.17, 15) is 17.6 Å². The van der Waals surface area contributed by atoms with Crippen molar-refractivity contribution in [2.24, 2.45) is 0 Å². The van der Waals surface area contributed by atoms with Gasteiger partial charge in [-0.2, -0.15) is 0 Å². The summed E-state index contributed by atoms with van der Waals surface area (Å²) in [5.74, 6) is -0.256. The number of ether oxygens (including phenoxy) is 1. The predicted molar refractivity (Wildman–Crippen MR) is 117 cm³/mol. The molecular weight excluding hydrogens is 419 g/mol. The third kappa shape index (κ3) is 4.25. The molecule has 1 N–H and O–H groups in total. The highest BCUT2D eigenvalue weighted by Crippen LogP contribution is 2.32. The lowest BCUT2D eigenvalue weighted by Crippen LogP contribution is -2.35. The zero-order valence-corrected chi connectivity index (χ0v) is 17.7. The van der Waals surface area contributed by atoms with Gasteiger partial charge in [-0.1, -0.05) is 18.2 Å². The molecule has 0 bridgehead atoms. The van der Waals surface area contributed by atoms with Gasteiger partial charge in [-0.05, 0) is 66.9 Å². The third-order valence-electron chi connectivity index (χ3n) is 5.16. The normalized spacial score (nSPS) is 13.4. The standard InChI is InChI=1S/C23H21FN2O4S/c1-30-18-11-12-22-16(14-18)7-5-13-26(22)23(27)17-6-4-8-19(15-17)31(28,29)25-21-10-3-2-9-20(21)24/h2-4,6,8-12,14-15,25H,5,7,13H2,1H3. The molecule has 1 aliphatic rings. The van der Waals surface area contributed by atoms with Crippen molar-refractivity contribution < 1.29 is 22.3 Å². The van der Waals surface area contributed by atoms with Crippen LogP contribution in [0.15, 0.2) is 71.6 Å². The summed E-state index contributed by atoms with van der Waals surface area (Å²) in [5, 5.41) is 0. The van der Waals surface area contributed by atoms with Crippen molar-refractivity contribution in [1.29, 1.82) is 0 Å².